The molecule has 0 unspecified atom stereocenters. The van der Waals surface area contributed by atoms with Gasteiger partial charge in [-0.05, 0) is 37.5 Å². The molecule has 2 rings (SSSR count). The van der Waals surface area contributed by atoms with Gasteiger partial charge < -0.3 is 10.1 Å². The molecule has 19 heavy (non-hydrogen) atoms. The van der Waals surface area contributed by atoms with E-state index in [9.17, 15) is 9.18 Å². The minimum atomic E-state index is -0.478. The maximum Gasteiger partial charge on any atom is 0.254 e. The largest absolute Gasteiger partial charge is 0.381 e. The molecule has 1 heterocycles. The molecule has 0 aromatic heterocycles. The van der Waals surface area contributed by atoms with Gasteiger partial charge in [0.05, 0.1) is 11.1 Å². The van der Waals surface area contributed by atoms with Crippen molar-refractivity contribution in [3.05, 3.63) is 35.1 Å². The minimum Gasteiger partial charge on any atom is -0.381 e. The minimum absolute atomic E-state index is 0.0948. The molecule has 1 saturated heterocycles. The summed E-state index contributed by atoms with van der Waals surface area (Å²) >= 11 is 3.44. The Kier molecular flexibility index (Phi) is 4.58. The van der Waals surface area contributed by atoms with Crippen LogP contribution in [0.5, 0.6) is 0 Å². The zero-order valence-corrected chi connectivity index (χ0v) is 12.4. The molecule has 0 atom stereocenters. The van der Waals surface area contributed by atoms with Crippen LogP contribution in [0.15, 0.2) is 18.2 Å². The van der Waals surface area contributed by atoms with Crippen LogP contribution in [-0.2, 0) is 4.74 Å². The van der Waals surface area contributed by atoms with E-state index >= 15 is 0 Å². The standard InChI is InChI=1S/C14H17BrFNO2/c1-10-2-3-11(12(16)8-10)13(18)17-14(9-15)4-6-19-7-5-14/h2-3,8H,4-7,9H2,1H3,(H,17,18). The number of aryl methyl sites for hydroxylation is 1. The van der Waals surface area contributed by atoms with Gasteiger partial charge >= 0.3 is 0 Å². The van der Waals surface area contributed by atoms with Gasteiger partial charge in [0.25, 0.3) is 5.91 Å². The van der Waals surface area contributed by atoms with Crippen molar-refractivity contribution in [2.24, 2.45) is 0 Å². The fourth-order valence-electron chi connectivity index (χ4n) is 2.17. The SMILES string of the molecule is Cc1ccc(C(=O)NC2(CBr)CCOCC2)c(F)c1. The van der Waals surface area contributed by atoms with Crippen molar-refractivity contribution in [2.45, 2.75) is 25.3 Å². The van der Waals surface area contributed by atoms with Crippen LogP contribution < -0.4 is 5.32 Å². The van der Waals surface area contributed by atoms with Crippen LogP contribution >= 0.6 is 15.9 Å². The monoisotopic (exact) mass is 329 g/mol. The molecule has 3 nitrogen and oxygen atoms in total. The predicted molar refractivity (Wildman–Crippen MR) is 75.2 cm³/mol. The van der Waals surface area contributed by atoms with E-state index in [2.05, 4.69) is 21.2 Å². The van der Waals surface area contributed by atoms with Crippen molar-refractivity contribution in [1.29, 1.82) is 0 Å². The van der Waals surface area contributed by atoms with Gasteiger partial charge in [-0.25, -0.2) is 4.39 Å². The van der Waals surface area contributed by atoms with Crippen LogP contribution in [0, 0.1) is 12.7 Å². The van der Waals surface area contributed by atoms with Gasteiger partial charge in [-0.1, -0.05) is 22.0 Å². The summed E-state index contributed by atoms with van der Waals surface area (Å²) in [4.78, 5) is 12.2. The first-order valence-corrected chi connectivity index (χ1v) is 7.41. The zero-order chi connectivity index (χ0) is 13.9. The molecule has 1 amide bonds. The highest BCUT2D eigenvalue weighted by molar-refractivity contribution is 9.09. The molecule has 1 aliphatic rings. The number of hydrogen-bond donors (Lipinski definition) is 1. The van der Waals surface area contributed by atoms with Crippen molar-refractivity contribution in [1.82, 2.24) is 5.32 Å². The van der Waals surface area contributed by atoms with E-state index in [1.807, 2.05) is 0 Å². The third-order valence-electron chi connectivity index (χ3n) is 3.45. The van der Waals surface area contributed by atoms with Crippen LogP contribution in [-0.4, -0.2) is 30.0 Å². The lowest BCUT2D eigenvalue weighted by Crippen LogP contribution is -2.53. The molecule has 1 fully saturated rings. The van der Waals surface area contributed by atoms with Crippen molar-refractivity contribution in [3.63, 3.8) is 0 Å². The van der Waals surface area contributed by atoms with E-state index < -0.39 is 5.82 Å². The van der Waals surface area contributed by atoms with Crippen molar-refractivity contribution >= 4 is 21.8 Å². The first kappa shape index (κ1) is 14.5. The molecule has 0 aliphatic carbocycles. The lowest BCUT2D eigenvalue weighted by Gasteiger charge is -2.36. The highest BCUT2D eigenvalue weighted by Crippen LogP contribution is 2.24. The maximum absolute atomic E-state index is 13.8. The topological polar surface area (TPSA) is 38.3 Å². The summed E-state index contributed by atoms with van der Waals surface area (Å²) in [6.45, 7) is 3.02. The zero-order valence-electron chi connectivity index (χ0n) is 10.8. The number of carbonyl (C=O) groups is 1. The molecule has 1 aliphatic heterocycles. The summed E-state index contributed by atoms with van der Waals surface area (Å²) in [5, 5.41) is 3.59. The first-order chi connectivity index (χ1) is 9.06. The van der Waals surface area contributed by atoms with E-state index in [0.29, 0.717) is 18.5 Å². The average Bonchev–Trinajstić information content (AvgIpc) is 2.39. The Hall–Kier alpha value is -0.940. The first-order valence-electron chi connectivity index (χ1n) is 6.29. The molecule has 1 N–H and O–H groups in total. The van der Waals surface area contributed by atoms with E-state index in [4.69, 9.17) is 4.74 Å². The van der Waals surface area contributed by atoms with Crippen molar-refractivity contribution < 1.29 is 13.9 Å². The number of amides is 1. The Bertz CT molecular complexity index is 473. The van der Waals surface area contributed by atoms with Crippen molar-refractivity contribution in [2.75, 3.05) is 18.5 Å². The molecular weight excluding hydrogens is 313 g/mol. The number of benzene rings is 1. The van der Waals surface area contributed by atoms with Crippen LogP contribution in [0.1, 0.15) is 28.8 Å². The number of alkyl halides is 1. The van der Waals surface area contributed by atoms with Gasteiger partial charge in [-0.3, -0.25) is 4.79 Å². The van der Waals surface area contributed by atoms with E-state index in [-0.39, 0.29) is 17.0 Å². The number of ether oxygens (including phenoxy) is 1. The molecule has 0 radical (unpaired) electrons. The summed E-state index contributed by atoms with van der Waals surface area (Å²) in [6, 6.07) is 4.64. The highest BCUT2D eigenvalue weighted by Gasteiger charge is 2.33. The third kappa shape index (κ3) is 3.34. The number of nitrogens with one attached hydrogen (secondary N) is 1. The molecule has 0 bridgehead atoms. The normalized spacial score (nSPS) is 18.1. The van der Waals surface area contributed by atoms with Crippen LogP contribution in [0.4, 0.5) is 4.39 Å². The lowest BCUT2D eigenvalue weighted by molar-refractivity contribution is 0.0441. The third-order valence-corrected chi connectivity index (χ3v) is 4.53. The second-order valence-electron chi connectivity index (χ2n) is 4.96. The fraction of sp³-hybridized carbons (Fsp3) is 0.500. The van der Waals surface area contributed by atoms with Crippen molar-refractivity contribution in [3.8, 4) is 0 Å². The molecule has 5 heteroatoms. The second-order valence-corrected chi connectivity index (χ2v) is 5.52. The Morgan fingerprint density at radius 3 is 2.74 bits per heavy atom. The predicted octanol–water partition coefficient (Wildman–Crippen LogP) is 2.81. The van der Waals surface area contributed by atoms with Gasteiger partial charge in [0, 0.05) is 18.5 Å². The van der Waals surface area contributed by atoms with E-state index in [0.717, 1.165) is 18.4 Å². The van der Waals surface area contributed by atoms with Crippen LogP contribution in [0.25, 0.3) is 0 Å². The summed E-state index contributed by atoms with van der Waals surface area (Å²) in [7, 11) is 0. The summed E-state index contributed by atoms with van der Waals surface area (Å²) in [5.41, 5.74) is 0.555. The van der Waals surface area contributed by atoms with E-state index in [1.54, 1.807) is 13.0 Å². The van der Waals surface area contributed by atoms with Gasteiger partial charge in [0.1, 0.15) is 5.82 Å². The smallest absolute Gasteiger partial charge is 0.254 e. The maximum atomic E-state index is 13.8. The Morgan fingerprint density at radius 2 is 2.16 bits per heavy atom. The average molecular weight is 330 g/mol. The number of carbonyl (C=O) groups excluding carboxylic acids is 1. The lowest BCUT2D eigenvalue weighted by atomic mass is 9.92. The van der Waals surface area contributed by atoms with Gasteiger partial charge in [-0.2, -0.15) is 0 Å². The van der Waals surface area contributed by atoms with E-state index in [1.165, 1.54) is 12.1 Å². The van der Waals surface area contributed by atoms with Gasteiger partial charge in [0.2, 0.25) is 0 Å². The fourth-order valence-corrected chi connectivity index (χ4v) is 2.87. The summed E-state index contributed by atoms with van der Waals surface area (Å²) < 4.78 is 19.1. The molecular formula is C14H17BrFNO2. The molecule has 0 spiro atoms. The summed E-state index contributed by atoms with van der Waals surface area (Å²) in [5.74, 6) is -0.840. The quantitative estimate of drug-likeness (QED) is 0.866. The van der Waals surface area contributed by atoms with Gasteiger partial charge in [0.15, 0.2) is 0 Å². The van der Waals surface area contributed by atoms with Gasteiger partial charge in [-0.15, -0.1) is 0 Å². The Morgan fingerprint density at radius 1 is 1.47 bits per heavy atom. The number of rotatable bonds is 3. The Labute approximate surface area is 120 Å². The second kappa shape index (κ2) is 6.01. The molecule has 0 saturated carbocycles. The number of hydrogen-bond acceptors (Lipinski definition) is 2. The number of halogens is 2. The molecule has 1 aromatic carbocycles. The Balaban J connectivity index is 2.15. The molecule has 1 aromatic rings. The molecule has 104 valence electrons. The van der Waals surface area contributed by atoms with Crippen LogP contribution in [0.2, 0.25) is 0 Å². The highest BCUT2D eigenvalue weighted by atomic mass is 79.9. The van der Waals surface area contributed by atoms with Crippen LogP contribution in [0.3, 0.4) is 0 Å². The summed E-state index contributed by atoms with van der Waals surface area (Å²) in [6.07, 6.45) is 1.47.